The number of carbonyl (C=O) groups excluding carboxylic acids is 1. The van der Waals surface area contributed by atoms with Crippen LogP contribution in [0.3, 0.4) is 0 Å². The van der Waals surface area contributed by atoms with E-state index in [0.29, 0.717) is 11.4 Å². The summed E-state index contributed by atoms with van der Waals surface area (Å²) in [5, 5.41) is 13.6. The molecule has 0 aliphatic heterocycles. The fraction of sp³-hybridized carbons (Fsp3) is 0.333. The quantitative estimate of drug-likeness (QED) is 0.908. The summed E-state index contributed by atoms with van der Waals surface area (Å²) in [4.78, 5) is 16.9. The molecule has 1 aromatic carbocycles. The van der Waals surface area contributed by atoms with Crippen molar-refractivity contribution in [3.05, 3.63) is 41.4 Å². The predicted octanol–water partition coefficient (Wildman–Crippen LogP) is 2.45. The van der Waals surface area contributed by atoms with Crippen LogP contribution in [0, 0.1) is 0 Å². The molecule has 4 nitrogen and oxygen atoms in total. The number of aliphatic hydroxyl groups is 1. The summed E-state index contributed by atoms with van der Waals surface area (Å²) in [5.41, 5.74) is 0.317. The first-order chi connectivity index (χ1) is 9.66. The zero-order valence-electron chi connectivity index (χ0n) is 11.0. The van der Waals surface area contributed by atoms with Crippen LogP contribution in [0.15, 0.2) is 36.5 Å². The van der Waals surface area contributed by atoms with E-state index in [2.05, 4.69) is 10.3 Å². The number of hydrogen-bond donors (Lipinski definition) is 2. The summed E-state index contributed by atoms with van der Waals surface area (Å²) in [5.74, 6) is -0.162. The smallest absolute Gasteiger partial charge is 0.263 e. The van der Waals surface area contributed by atoms with Gasteiger partial charge in [0.15, 0.2) is 0 Å². The van der Waals surface area contributed by atoms with Gasteiger partial charge in [0.2, 0.25) is 0 Å². The summed E-state index contributed by atoms with van der Waals surface area (Å²) >= 11 is 1.37. The van der Waals surface area contributed by atoms with Crippen LogP contribution in [0.5, 0.6) is 0 Å². The van der Waals surface area contributed by atoms with Gasteiger partial charge in [-0.2, -0.15) is 0 Å². The van der Waals surface area contributed by atoms with E-state index in [-0.39, 0.29) is 5.91 Å². The van der Waals surface area contributed by atoms with E-state index in [1.165, 1.54) is 11.3 Å². The molecule has 1 aliphatic carbocycles. The summed E-state index contributed by atoms with van der Waals surface area (Å²) in [7, 11) is 0. The van der Waals surface area contributed by atoms with Gasteiger partial charge in [-0.25, -0.2) is 4.98 Å². The second kappa shape index (κ2) is 5.34. The first-order valence-electron chi connectivity index (χ1n) is 6.68. The first-order valence-corrected chi connectivity index (χ1v) is 7.50. The van der Waals surface area contributed by atoms with Gasteiger partial charge in [0, 0.05) is 12.1 Å². The Kier molecular flexibility index (Phi) is 3.54. The Bertz CT molecular complexity index is 605. The molecule has 1 aliphatic rings. The van der Waals surface area contributed by atoms with Crippen molar-refractivity contribution in [1.82, 2.24) is 10.3 Å². The number of amides is 1. The minimum atomic E-state index is -0.692. The number of nitrogens with zero attached hydrogens (tertiary/aromatic N) is 1. The molecule has 1 heterocycles. The van der Waals surface area contributed by atoms with Crippen LogP contribution in [0.25, 0.3) is 10.6 Å². The number of aromatic nitrogens is 1. The third kappa shape index (κ3) is 2.73. The molecular weight excluding hydrogens is 272 g/mol. The monoisotopic (exact) mass is 288 g/mol. The van der Waals surface area contributed by atoms with Crippen LogP contribution < -0.4 is 5.32 Å². The van der Waals surface area contributed by atoms with Gasteiger partial charge in [-0.05, 0) is 19.3 Å². The number of thiazole rings is 1. The van der Waals surface area contributed by atoms with Gasteiger partial charge in [0.25, 0.3) is 5.91 Å². The predicted molar refractivity (Wildman–Crippen MR) is 78.7 cm³/mol. The van der Waals surface area contributed by atoms with E-state index >= 15 is 0 Å². The van der Waals surface area contributed by atoms with Gasteiger partial charge < -0.3 is 10.4 Å². The third-order valence-electron chi connectivity index (χ3n) is 3.61. The molecule has 20 heavy (non-hydrogen) atoms. The van der Waals surface area contributed by atoms with Crippen LogP contribution in [0.4, 0.5) is 0 Å². The third-order valence-corrected chi connectivity index (χ3v) is 4.66. The molecule has 3 rings (SSSR count). The molecule has 2 N–H and O–H groups in total. The van der Waals surface area contributed by atoms with E-state index in [9.17, 15) is 9.90 Å². The molecule has 5 heteroatoms. The molecule has 0 atom stereocenters. The Morgan fingerprint density at radius 1 is 1.35 bits per heavy atom. The van der Waals surface area contributed by atoms with Gasteiger partial charge in [-0.3, -0.25) is 4.79 Å². The van der Waals surface area contributed by atoms with E-state index in [0.717, 1.165) is 29.8 Å². The van der Waals surface area contributed by atoms with Crippen LogP contribution in [0.1, 0.15) is 28.9 Å². The van der Waals surface area contributed by atoms with Crippen LogP contribution >= 0.6 is 11.3 Å². The van der Waals surface area contributed by atoms with Gasteiger partial charge in [0.1, 0.15) is 9.88 Å². The van der Waals surface area contributed by atoms with E-state index in [4.69, 9.17) is 0 Å². The van der Waals surface area contributed by atoms with Crippen molar-refractivity contribution in [2.45, 2.75) is 24.9 Å². The lowest BCUT2D eigenvalue weighted by Crippen LogP contribution is -2.47. The normalized spacial score (nSPS) is 16.4. The number of benzene rings is 1. The van der Waals surface area contributed by atoms with Crippen molar-refractivity contribution >= 4 is 17.2 Å². The number of carbonyl (C=O) groups is 1. The molecule has 0 unspecified atom stereocenters. The zero-order valence-corrected chi connectivity index (χ0v) is 11.8. The lowest BCUT2D eigenvalue weighted by molar-refractivity contribution is -0.0300. The Morgan fingerprint density at radius 3 is 2.75 bits per heavy atom. The van der Waals surface area contributed by atoms with Gasteiger partial charge in [0.05, 0.1) is 11.8 Å². The molecule has 0 spiro atoms. The van der Waals surface area contributed by atoms with Crippen molar-refractivity contribution in [1.29, 1.82) is 0 Å². The SMILES string of the molecule is O=C(NCC1(O)CCC1)c1cnc(-c2ccccc2)s1. The molecular formula is C15H16N2O2S. The maximum absolute atomic E-state index is 12.0. The van der Waals surface area contributed by atoms with Crippen LogP contribution in [-0.4, -0.2) is 28.1 Å². The summed E-state index contributed by atoms with van der Waals surface area (Å²) in [6.45, 7) is 0.324. The average molecular weight is 288 g/mol. The lowest BCUT2D eigenvalue weighted by atomic mass is 9.80. The minimum Gasteiger partial charge on any atom is -0.388 e. The van der Waals surface area contributed by atoms with E-state index < -0.39 is 5.60 Å². The number of rotatable bonds is 4. The maximum atomic E-state index is 12.0. The zero-order chi connectivity index (χ0) is 14.0. The molecule has 1 fully saturated rings. The number of nitrogens with one attached hydrogen (secondary N) is 1. The number of hydrogen-bond acceptors (Lipinski definition) is 4. The van der Waals surface area contributed by atoms with Crippen LogP contribution in [0.2, 0.25) is 0 Å². The van der Waals surface area contributed by atoms with Crippen molar-refractivity contribution in [3.8, 4) is 10.6 Å². The molecule has 1 amide bonds. The molecule has 0 radical (unpaired) electrons. The summed E-state index contributed by atoms with van der Waals surface area (Å²) in [6, 6.07) is 9.78. The fourth-order valence-corrected chi connectivity index (χ4v) is 3.02. The fourth-order valence-electron chi connectivity index (χ4n) is 2.19. The highest BCUT2D eigenvalue weighted by Gasteiger charge is 2.34. The minimum absolute atomic E-state index is 0.162. The molecule has 1 aromatic heterocycles. The van der Waals surface area contributed by atoms with E-state index in [1.54, 1.807) is 6.20 Å². The van der Waals surface area contributed by atoms with Crippen molar-refractivity contribution in [2.24, 2.45) is 0 Å². The van der Waals surface area contributed by atoms with E-state index in [1.807, 2.05) is 30.3 Å². The molecule has 0 saturated heterocycles. The summed E-state index contributed by atoms with van der Waals surface area (Å²) < 4.78 is 0. The Morgan fingerprint density at radius 2 is 2.10 bits per heavy atom. The highest BCUT2D eigenvalue weighted by Crippen LogP contribution is 2.31. The van der Waals surface area contributed by atoms with Crippen LogP contribution in [-0.2, 0) is 0 Å². The summed E-state index contributed by atoms with van der Waals surface area (Å²) in [6.07, 6.45) is 4.16. The standard InChI is InChI=1S/C15H16N2O2S/c18-13(17-10-15(19)7-4-8-15)12-9-16-14(20-12)11-5-2-1-3-6-11/h1-3,5-6,9,19H,4,7-8,10H2,(H,17,18). The van der Waals surface area contributed by atoms with Gasteiger partial charge in [-0.1, -0.05) is 30.3 Å². The van der Waals surface area contributed by atoms with Crippen molar-refractivity contribution < 1.29 is 9.90 Å². The highest BCUT2D eigenvalue weighted by atomic mass is 32.1. The topological polar surface area (TPSA) is 62.2 Å². The van der Waals surface area contributed by atoms with Gasteiger partial charge in [-0.15, -0.1) is 11.3 Å². The second-order valence-electron chi connectivity index (χ2n) is 5.16. The van der Waals surface area contributed by atoms with Crippen molar-refractivity contribution in [2.75, 3.05) is 6.54 Å². The second-order valence-corrected chi connectivity index (χ2v) is 6.19. The Hall–Kier alpha value is -1.72. The van der Waals surface area contributed by atoms with Crippen molar-refractivity contribution in [3.63, 3.8) is 0 Å². The molecule has 0 bridgehead atoms. The maximum Gasteiger partial charge on any atom is 0.263 e. The Balaban J connectivity index is 1.66. The highest BCUT2D eigenvalue weighted by molar-refractivity contribution is 7.16. The molecule has 104 valence electrons. The molecule has 2 aromatic rings. The average Bonchev–Trinajstić information content (AvgIpc) is 2.93. The Labute approximate surface area is 121 Å². The molecule has 1 saturated carbocycles. The lowest BCUT2D eigenvalue weighted by Gasteiger charge is -2.36. The first kappa shape index (κ1) is 13.3. The largest absolute Gasteiger partial charge is 0.388 e. The van der Waals surface area contributed by atoms with Gasteiger partial charge >= 0.3 is 0 Å².